The fourth-order valence-electron chi connectivity index (χ4n) is 2.09. The Hall–Kier alpha value is -0.350. The molecular weight excluding hydrogens is 336 g/mol. The SMILES string of the molecule is O=C1CCC(c2cc(Br)c(O)c(Br)c2)CC1. The maximum absolute atomic E-state index is 11.2. The molecule has 0 unspecified atom stereocenters. The van der Waals surface area contributed by atoms with Crippen LogP contribution in [0.2, 0.25) is 0 Å². The van der Waals surface area contributed by atoms with Gasteiger partial charge in [-0.2, -0.15) is 0 Å². The molecule has 1 aromatic rings. The number of carbonyl (C=O) groups excluding carboxylic acids is 1. The van der Waals surface area contributed by atoms with E-state index in [1.807, 2.05) is 12.1 Å². The number of benzene rings is 1. The molecule has 0 radical (unpaired) electrons. The van der Waals surface area contributed by atoms with Gasteiger partial charge in [0.2, 0.25) is 0 Å². The Morgan fingerprint density at radius 1 is 1.12 bits per heavy atom. The molecule has 0 spiro atoms. The fraction of sp³-hybridized carbons (Fsp3) is 0.417. The minimum absolute atomic E-state index is 0.232. The molecule has 0 amide bonds. The van der Waals surface area contributed by atoms with Crippen LogP contribution in [0.4, 0.5) is 0 Å². The molecular formula is C12H12Br2O2. The molecule has 1 N–H and O–H groups in total. The van der Waals surface area contributed by atoms with Crippen LogP contribution in [-0.2, 0) is 4.79 Å². The molecule has 16 heavy (non-hydrogen) atoms. The summed E-state index contributed by atoms with van der Waals surface area (Å²) in [7, 11) is 0. The van der Waals surface area contributed by atoms with Crippen molar-refractivity contribution in [3.8, 4) is 5.75 Å². The first-order valence-corrected chi connectivity index (χ1v) is 6.86. The lowest BCUT2D eigenvalue weighted by atomic mass is 9.83. The van der Waals surface area contributed by atoms with E-state index in [2.05, 4.69) is 31.9 Å². The minimum Gasteiger partial charge on any atom is -0.506 e. The van der Waals surface area contributed by atoms with Crippen LogP contribution >= 0.6 is 31.9 Å². The largest absolute Gasteiger partial charge is 0.506 e. The first-order valence-electron chi connectivity index (χ1n) is 5.27. The van der Waals surface area contributed by atoms with Gasteiger partial charge < -0.3 is 5.11 Å². The smallest absolute Gasteiger partial charge is 0.143 e. The van der Waals surface area contributed by atoms with Gasteiger partial charge in [0, 0.05) is 12.8 Å². The van der Waals surface area contributed by atoms with E-state index in [0.717, 1.165) is 12.8 Å². The van der Waals surface area contributed by atoms with Gasteiger partial charge in [0.05, 0.1) is 8.95 Å². The topological polar surface area (TPSA) is 37.3 Å². The molecule has 4 heteroatoms. The van der Waals surface area contributed by atoms with Crippen molar-refractivity contribution in [1.29, 1.82) is 0 Å². The lowest BCUT2D eigenvalue weighted by molar-refractivity contribution is -0.120. The molecule has 0 aromatic heterocycles. The summed E-state index contributed by atoms with van der Waals surface area (Å²) in [6, 6.07) is 3.89. The summed E-state index contributed by atoms with van der Waals surface area (Å²) in [6.45, 7) is 0. The highest BCUT2D eigenvalue weighted by atomic mass is 79.9. The Labute approximate surface area is 111 Å². The molecule has 0 bridgehead atoms. The molecule has 1 aromatic carbocycles. The number of phenolic OH excluding ortho intramolecular Hbond substituents is 1. The summed E-state index contributed by atoms with van der Waals surface area (Å²) in [6.07, 6.45) is 3.20. The van der Waals surface area contributed by atoms with E-state index in [-0.39, 0.29) is 5.75 Å². The van der Waals surface area contributed by atoms with Crippen molar-refractivity contribution < 1.29 is 9.90 Å². The molecule has 86 valence electrons. The summed E-state index contributed by atoms with van der Waals surface area (Å²) in [5, 5.41) is 9.62. The van der Waals surface area contributed by atoms with E-state index < -0.39 is 0 Å². The average molecular weight is 348 g/mol. The maximum Gasteiger partial charge on any atom is 0.143 e. The van der Waals surface area contributed by atoms with E-state index in [4.69, 9.17) is 0 Å². The second-order valence-electron chi connectivity index (χ2n) is 4.15. The number of ketones is 1. The van der Waals surface area contributed by atoms with Crippen molar-refractivity contribution in [3.05, 3.63) is 26.6 Å². The monoisotopic (exact) mass is 346 g/mol. The first kappa shape index (κ1) is 12.1. The highest BCUT2D eigenvalue weighted by molar-refractivity contribution is 9.11. The second kappa shape index (κ2) is 4.88. The van der Waals surface area contributed by atoms with Gasteiger partial charge >= 0.3 is 0 Å². The van der Waals surface area contributed by atoms with Crippen molar-refractivity contribution in [2.45, 2.75) is 31.6 Å². The van der Waals surface area contributed by atoms with E-state index in [9.17, 15) is 9.90 Å². The Morgan fingerprint density at radius 2 is 1.62 bits per heavy atom. The summed E-state index contributed by atoms with van der Waals surface area (Å²) in [5.41, 5.74) is 1.18. The molecule has 0 saturated heterocycles. The lowest BCUT2D eigenvalue weighted by Gasteiger charge is -2.22. The molecule has 1 aliphatic carbocycles. The van der Waals surface area contributed by atoms with Crippen LogP contribution in [0, 0.1) is 0 Å². The Balaban J connectivity index is 2.24. The fourth-order valence-corrected chi connectivity index (χ4v) is 3.32. The number of aromatic hydroxyl groups is 1. The number of carbonyl (C=O) groups is 1. The molecule has 1 saturated carbocycles. The third-order valence-corrected chi connectivity index (χ3v) is 4.26. The summed E-state index contributed by atoms with van der Waals surface area (Å²) in [4.78, 5) is 11.2. The van der Waals surface area contributed by atoms with Gasteiger partial charge in [-0.3, -0.25) is 4.79 Å². The third kappa shape index (κ3) is 2.48. The molecule has 2 rings (SSSR count). The number of hydrogen-bond acceptors (Lipinski definition) is 2. The van der Waals surface area contributed by atoms with Crippen molar-refractivity contribution in [2.75, 3.05) is 0 Å². The Bertz CT molecular complexity index is 396. The zero-order valence-corrected chi connectivity index (χ0v) is 11.8. The average Bonchev–Trinajstić information content (AvgIpc) is 2.26. The first-order chi connectivity index (χ1) is 7.58. The maximum atomic E-state index is 11.2. The van der Waals surface area contributed by atoms with Crippen LogP contribution in [0.15, 0.2) is 21.1 Å². The summed E-state index contributed by atoms with van der Waals surface area (Å²) >= 11 is 6.66. The van der Waals surface area contributed by atoms with Gasteiger partial charge in [0.15, 0.2) is 0 Å². The van der Waals surface area contributed by atoms with Gasteiger partial charge in [-0.1, -0.05) is 0 Å². The van der Waals surface area contributed by atoms with Crippen LogP contribution < -0.4 is 0 Å². The molecule has 1 aliphatic rings. The van der Waals surface area contributed by atoms with Gasteiger partial charge in [-0.25, -0.2) is 0 Å². The van der Waals surface area contributed by atoms with Crippen molar-refractivity contribution in [3.63, 3.8) is 0 Å². The predicted octanol–water partition coefficient (Wildman–Crippen LogP) is 4.14. The van der Waals surface area contributed by atoms with Crippen LogP contribution in [0.1, 0.15) is 37.2 Å². The molecule has 1 fully saturated rings. The van der Waals surface area contributed by atoms with Gasteiger partial charge in [-0.05, 0) is 68.3 Å². The van der Waals surface area contributed by atoms with Gasteiger partial charge in [-0.15, -0.1) is 0 Å². The van der Waals surface area contributed by atoms with Crippen LogP contribution in [0.25, 0.3) is 0 Å². The zero-order valence-electron chi connectivity index (χ0n) is 8.67. The summed E-state index contributed by atoms with van der Waals surface area (Å²) < 4.78 is 1.41. The number of hydrogen-bond donors (Lipinski definition) is 1. The molecule has 0 aliphatic heterocycles. The number of halogens is 2. The van der Waals surface area contributed by atoms with Gasteiger partial charge in [0.1, 0.15) is 11.5 Å². The predicted molar refractivity (Wildman–Crippen MR) is 69.7 cm³/mol. The van der Waals surface area contributed by atoms with Gasteiger partial charge in [0.25, 0.3) is 0 Å². The van der Waals surface area contributed by atoms with Crippen LogP contribution in [-0.4, -0.2) is 10.9 Å². The Kier molecular flexibility index (Phi) is 3.70. The third-order valence-electron chi connectivity index (χ3n) is 3.05. The molecule has 0 heterocycles. The minimum atomic E-state index is 0.232. The normalized spacial score (nSPS) is 17.8. The van der Waals surface area contributed by atoms with E-state index >= 15 is 0 Å². The second-order valence-corrected chi connectivity index (χ2v) is 5.85. The lowest BCUT2D eigenvalue weighted by Crippen LogP contribution is -2.12. The van der Waals surface area contributed by atoms with Crippen molar-refractivity contribution in [1.82, 2.24) is 0 Å². The molecule has 0 atom stereocenters. The van der Waals surface area contributed by atoms with Crippen LogP contribution in [0.5, 0.6) is 5.75 Å². The number of rotatable bonds is 1. The van der Waals surface area contributed by atoms with E-state index in [1.54, 1.807) is 0 Å². The summed E-state index contributed by atoms with van der Waals surface area (Å²) in [5.74, 6) is 1.04. The number of Topliss-reactive ketones (excluding diaryl/α,β-unsaturated/α-hetero) is 1. The van der Waals surface area contributed by atoms with E-state index in [0.29, 0.717) is 33.5 Å². The highest BCUT2D eigenvalue weighted by Gasteiger charge is 2.21. The van der Waals surface area contributed by atoms with Crippen molar-refractivity contribution in [2.24, 2.45) is 0 Å². The molecule has 2 nitrogen and oxygen atoms in total. The zero-order chi connectivity index (χ0) is 11.7. The highest BCUT2D eigenvalue weighted by Crippen LogP contribution is 2.39. The quantitative estimate of drug-likeness (QED) is 0.828. The standard InChI is InChI=1S/C12H12Br2O2/c13-10-5-8(6-11(14)12(10)16)7-1-3-9(15)4-2-7/h5-7,16H,1-4H2. The van der Waals surface area contributed by atoms with E-state index in [1.165, 1.54) is 5.56 Å². The van der Waals surface area contributed by atoms with Crippen molar-refractivity contribution >= 4 is 37.6 Å². The van der Waals surface area contributed by atoms with Crippen LogP contribution in [0.3, 0.4) is 0 Å². The number of phenols is 1. The Morgan fingerprint density at radius 3 is 2.12 bits per heavy atom.